The fourth-order valence-corrected chi connectivity index (χ4v) is 2.25. The van der Waals surface area contributed by atoms with Crippen LogP contribution < -0.4 is 5.32 Å². The molecule has 0 aliphatic heterocycles. The minimum absolute atomic E-state index is 0.278. The SMILES string of the molecule is Oc1ccc(CNCc2cc(Cl)cc(Cl)c2)cc1. The molecule has 0 atom stereocenters. The molecule has 2 rings (SSSR count). The van der Waals surface area contributed by atoms with Crippen LogP contribution in [0.5, 0.6) is 5.75 Å². The van der Waals surface area contributed by atoms with Crippen molar-refractivity contribution in [3.05, 3.63) is 63.6 Å². The van der Waals surface area contributed by atoms with Crippen molar-refractivity contribution < 1.29 is 5.11 Å². The summed E-state index contributed by atoms with van der Waals surface area (Å²) in [5.41, 5.74) is 2.16. The van der Waals surface area contributed by atoms with Gasteiger partial charge in [0.25, 0.3) is 0 Å². The number of phenols is 1. The van der Waals surface area contributed by atoms with E-state index in [2.05, 4.69) is 5.32 Å². The summed E-state index contributed by atoms with van der Waals surface area (Å²) < 4.78 is 0. The highest BCUT2D eigenvalue weighted by molar-refractivity contribution is 6.34. The first-order chi connectivity index (χ1) is 8.63. The number of hydrogen-bond acceptors (Lipinski definition) is 2. The zero-order valence-electron chi connectivity index (χ0n) is 9.66. The van der Waals surface area contributed by atoms with Crippen molar-refractivity contribution in [1.29, 1.82) is 0 Å². The Morgan fingerprint density at radius 1 is 0.833 bits per heavy atom. The summed E-state index contributed by atoms with van der Waals surface area (Å²) >= 11 is 11.8. The van der Waals surface area contributed by atoms with E-state index in [4.69, 9.17) is 23.2 Å². The molecule has 0 aromatic heterocycles. The topological polar surface area (TPSA) is 32.3 Å². The highest BCUT2D eigenvalue weighted by Crippen LogP contribution is 2.19. The monoisotopic (exact) mass is 281 g/mol. The van der Waals surface area contributed by atoms with Crippen LogP contribution in [-0.2, 0) is 13.1 Å². The molecular weight excluding hydrogens is 269 g/mol. The van der Waals surface area contributed by atoms with Crippen molar-refractivity contribution in [2.24, 2.45) is 0 Å². The Morgan fingerprint density at radius 3 is 2.00 bits per heavy atom. The fourth-order valence-electron chi connectivity index (χ4n) is 1.68. The smallest absolute Gasteiger partial charge is 0.115 e. The van der Waals surface area contributed by atoms with Crippen LogP contribution in [0.25, 0.3) is 0 Å². The summed E-state index contributed by atoms with van der Waals surface area (Å²) in [4.78, 5) is 0. The van der Waals surface area contributed by atoms with E-state index in [0.29, 0.717) is 16.6 Å². The first-order valence-electron chi connectivity index (χ1n) is 5.57. The molecule has 2 nitrogen and oxygen atoms in total. The number of nitrogens with one attached hydrogen (secondary N) is 1. The second-order valence-electron chi connectivity index (χ2n) is 4.05. The molecule has 0 spiro atoms. The highest BCUT2D eigenvalue weighted by Gasteiger charge is 1.99. The van der Waals surface area contributed by atoms with Crippen LogP contribution in [0, 0.1) is 0 Å². The third-order valence-electron chi connectivity index (χ3n) is 2.52. The van der Waals surface area contributed by atoms with Crippen LogP contribution in [-0.4, -0.2) is 5.11 Å². The van der Waals surface area contributed by atoms with Gasteiger partial charge in [0.05, 0.1) is 0 Å². The molecular formula is C14H13Cl2NO. The van der Waals surface area contributed by atoms with Gasteiger partial charge in [0.2, 0.25) is 0 Å². The maximum atomic E-state index is 9.17. The van der Waals surface area contributed by atoms with E-state index in [1.165, 1.54) is 0 Å². The maximum absolute atomic E-state index is 9.17. The maximum Gasteiger partial charge on any atom is 0.115 e. The molecule has 0 saturated heterocycles. The summed E-state index contributed by atoms with van der Waals surface area (Å²) in [6.45, 7) is 1.42. The lowest BCUT2D eigenvalue weighted by Gasteiger charge is -2.06. The molecule has 94 valence electrons. The minimum atomic E-state index is 0.278. The van der Waals surface area contributed by atoms with E-state index in [-0.39, 0.29) is 5.75 Å². The molecule has 0 radical (unpaired) electrons. The molecule has 0 heterocycles. The third kappa shape index (κ3) is 3.91. The van der Waals surface area contributed by atoms with Crippen molar-refractivity contribution in [1.82, 2.24) is 5.32 Å². The second-order valence-corrected chi connectivity index (χ2v) is 4.92. The van der Waals surface area contributed by atoms with Gasteiger partial charge in [-0.15, -0.1) is 0 Å². The Labute approximate surface area is 116 Å². The van der Waals surface area contributed by atoms with Gasteiger partial charge >= 0.3 is 0 Å². The van der Waals surface area contributed by atoms with Crippen molar-refractivity contribution in [3.8, 4) is 5.75 Å². The van der Waals surface area contributed by atoms with Crippen LogP contribution >= 0.6 is 23.2 Å². The zero-order chi connectivity index (χ0) is 13.0. The minimum Gasteiger partial charge on any atom is -0.508 e. The lowest BCUT2D eigenvalue weighted by atomic mass is 10.2. The fraction of sp³-hybridized carbons (Fsp3) is 0.143. The van der Waals surface area contributed by atoms with Crippen LogP contribution in [0.2, 0.25) is 10.0 Å². The summed E-state index contributed by atoms with van der Waals surface area (Å²) in [5.74, 6) is 0.278. The van der Waals surface area contributed by atoms with Crippen molar-refractivity contribution in [2.75, 3.05) is 0 Å². The van der Waals surface area contributed by atoms with Crippen LogP contribution in [0.1, 0.15) is 11.1 Å². The third-order valence-corrected chi connectivity index (χ3v) is 2.95. The Hall–Kier alpha value is -1.22. The lowest BCUT2D eigenvalue weighted by Crippen LogP contribution is -2.12. The number of hydrogen-bond donors (Lipinski definition) is 2. The Balaban J connectivity index is 1.90. The van der Waals surface area contributed by atoms with Gasteiger partial charge in [0.15, 0.2) is 0 Å². The van der Waals surface area contributed by atoms with Gasteiger partial charge in [-0.05, 0) is 41.5 Å². The highest BCUT2D eigenvalue weighted by atomic mass is 35.5. The summed E-state index contributed by atoms with van der Waals surface area (Å²) in [5, 5.41) is 13.7. The number of halogens is 2. The van der Waals surface area contributed by atoms with E-state index < -0.39 is 0 Å². The number of benzene rings is 2. The van der Waals surface area contributed by atoms with E-state index >= 15 is 0 Å². The summed E-state index contributed by atoms with van der Waals surface area (Å²) in [7, 11) is 0. The molecule has 2 aromatic rings. The van der Waals surface area contributed by atoms with E-state index in [0.717, 1.165) is 17.7 Å². The molecule has 0 amide bonds. The van der Waals surface area contributed by atoms with Crippen LogP contribution in [0.4, 0.5) is 0 Å². The first-order valence-corrected chi connectivity index (χ1v) is 6.33. The van der Waals surface area contributed by atoms with Crippen molar-refractivity contribution >= 4 is 23.2 Å². The standard InChI is InChI=1S/C14H13Cl2NO/c15-12-5-11(6-13(16)7-12)9-17-8-10-1-3-14(18)4-2-10/h1-7,17-18H,8-9H2. The van der Waals surface area contributed by atoms with Gasteiger partial charge in [0.1, 0.15) is 5.75 Å². The molecule has 2 N–H and O–H groups in total. The lowest BCUT2D eigenvalue weighted by molar-refractivity contribution is 0.475. The quantitative estimate of drug-likeness (QED) is 0.888. The molecule has 0 aliphatic rings. The van der Waals surface area contributed by atoms with E-state index in [9.17, 15) is 5.11 Å². The average molecular weight is 282 g/mol. The van der Waals surface area contributed by atoms with Crippen LogP contribution in [0.15, 0.2) is 42.5 Å². The predicted molar refractivity (Wildman–Crippen MR) is 75.1 cm³/mol. The van der Waals surface area contributed by atoms with Gasteiger partial charge in [-0.2, -0.15) is 0 Å². The Morgan fingerprint density at radius 2 is 1.39 bits per heavy atom. The molecule has 0 saturated carbocycles. The summed E-state index contributed by atoms with van der Waals surface area (Å²) in [6.07, 6.45) is 0. The molecule has 0 bridgehead atoms. The Bertz CT molecular complexity index is 506. The normalized spacial score (nSPS) is 10.6. The van der Waals surface area contributed by atoms with Crippen molar-refractivity contribution in [2.45, 2.75) is 13.1 Å². The second kappa shape index (κ2) is 6.10. The molecule has 0 aliphatic carbocycles. The molecule has 18 heavy (non-hydrogen) atoms. The Kier molecular flexibility index (Phi) is 4.48. The van der Waals surface area contributed by atoms with Gasteiger partial charge in [-0.1, -0.05) is 35.3 Å². The first kappa shape index (κ1) is 13.2. The van der Waals surface area contributed by atoms with E-state index in [1.807, 2.05) is 24.3 Å². The van der Waals surface area contributed by atoms with Gasteiger partial charge in [0, 0.05) is 23.1 Å². The molecule has 0 fully saturated rings. The number of phenolic OH excluding ortho intramolecular Hbond substituents is 1. The number of aromatic hydroxyl groups is 1. The van der Waals surface area contributed by atoms with Gasteiger partial charge < -0.3 is 10.4 Å². The predicted octanol–water partition coefficient (Wildman–Crippen LogP) is 3.99. The average Bonchev–Trinajstić information content (AvgIpc) is 2.30. The van der Waals surface area contributed by atoms with Gasteiger partial charge in [-0.3, -0.25) is 0 Å². The van der Waals surface area contributed by atoms with E-state index in [1.54, 1.807) is 18.2 Å². The molecule has 0 unspecified atom stereocenters. The van der Waals surface area contributed by atoms with Gasteiger partial charge in [-0.25, -0.2) is 0 Å². The van der Waals surface area contributed by atoms with Crippen molar-refractivity contribution in [3.63, 3.8) is 0 Å². The molecule has 4 heteroatoms. The number of rotatable bonds is 4. The molecule has 2 aromatic carbocycles. The van der Waals surface area contributed by atoms with Crippen LogP contribution in [0.3, 0.4) is 0 Å². The summed E-state index contributed by atoms with van der Waals surface area (Å²) in [6, 6.07) is 12.6. The largest absolute Gasteiger partial charge is 0.508 e. The zero-order valence-corrected chi connectivity index (χ0v) is 11.2.